The first kappa shape index (κ1) is 18.7. The zero-order valence-corrected chi connectivity index (χ0v) is 16.4. The summed E-state index contributed by atoms with van der Waals surface area (Å²) < 4.78 is 14.4. The largest absolute Gasteiger partial charge is 0.347 e. The number of aryl methyl sites for hydroxylation is 1. The van der Waals surface area contributed by atoms with E-state index in [4.69, 9.17) is 0 Å². The highest BCUT2D eigenvalue weighted by Crippen LogP contribution is 2.28. The Balaban J connectivity index is 1.47. The van der Waals surface area contributed by atoms with Crippen molar-refractivity contribution in [2.45, 2.75) is 32.6 Å². The van der Waals surface area contributed by atoms with Gasteiger partial charge in [0.25, 0.3) is 5.56 Å². The molecule has 0 bridgehead atoms. The van der Waals surface area contributed by atoms with E-state index in [0.717, 1.165) is 23.7 Å². The van der Waals surface area contributed by atoms with Crippen LogP contribution in [0.3, 0.4) is 0 Å². The van der Waals surface area contributed by atoms with Gasteiger partial charge in [-0.25, -0.2) is 9.37 Å². The highest BCUT2D eigenvalue weighted by Gasteiger charge is 2.27. The summed E-state index contributed by atoms with van der Waals surface area (Å²) in [4.78, 5) is 32.1. The molecule has 0 N–H and O–H groups in total. The first-order valence-corrected chi connectivity index (χ1v) is 10.3. The second-order valence-electron chi connectivity index (χ2n) is 7.05. The second kappa shape index (κ2) is 7.79. The Morgan fingerprint density at radius 3 is 2.64 bits per heavy atom. The van der Waals surface area contributed by atoms with Gasteiger partial charge in [0.2, 0.25) is 10.1 Å². The second-order valence-corrected chi connectivity index (χ2v) is 7.98. The number of halogens is 1. The van der Waals surface area contributed by atoms with Gasteiger partial charge in [-0.15, -0.1) is 5.10 Å². The van der Waals surface area contributed by atoms with Crippen LogP contribution in [0.25, 0.3) is 4.96 Å². The number of fused-ring (bicyclic) bond motifs is 1. The van der Waals surface area contributed by atoms with Crippen LogP contribution < -0.4 is 10.5 Å². The van der Waals surface area contributed by atoms with E-state index in [2.05, 4.69) is 21.9 Å². The first-order chi connectivity index (χ1) is 13.5. The van der Waals surface area contributed by atoms with Crippen molar-refractivity contribution < 1.29 is 9.18 Å². The van der Waals surface area contributed by atoms with Gasteiger partial charge < -0.3 is 4.90 Å². The molecule has 146 valence electrons. The third-order valence-electron chi connectivity index (χ3n) is 5.06. The lowest BCUT2D eigenvalue weighted by atomic mass is 9.89. The van der Waals surface area contributed by atoms with E-state index in [9.17, 15) is 14.0 Å². The number of Topliss-reactive ketones (excluding diaryl/α,β-unsaturated/α-hetero) is 1. The Kier molecular flexibility index (Phi) is 5.21. The predicted octanol–water partition coefficient (Wildman–Crippen LogP) is 3.34. The molecule has 0 aliphatic carbocycles. The van der Waals surface area contributed by atoms with Gasteiger partial charge in [-0.1, -0.05) is 24.7 Å². The minimum Gasteiger partial charge on any atom is -0.347 e. The molecule has 0 saturated carbocycles. The van der Waals surface area contributed by atoms with Crippen molar-refractivity contribution in [1.29, 1.82) is 0 Å². The minimum atomic E-state index is -0.340. The van der Waals surface area contributed by atoms with Crippen molar-refractivity contribution in [2.24, 2.45) is 5.92 Å². The summed E-state index contributed by atoms with van der Waals surface area (Å²) in [5.74, 6) is -0.354. The summed E-state index contributed by atoms with van der Waals surface area (Å²) in [6.45, 7) is 3.43. The minimum absolute atomic E-state index is 0.0612. The number of anilines is 1. The van der Waals surface area contributed by atoms with Crippen LogP contribution in [-0.4, -0.2) is 33.5 Å². The number of piperidine rings is 1. The van der Waals surface area contributed by atoms with Crippen LogP contribution in [0.1, 0.15) is 42.2 Å². The van der Waals surface area contributed by atoms with Crippen LogP contribution in [-0.2, 0) is 6.42 Å². The molecule has 1 aliphatic heterocycles. The molecule has 0 unspecified atom stereocenters. The average Bonchev–Trinajstić information content (AvgIpc) is 3.13. The summed E-state index contributed by atoms with van der Waals surface area (Å²) in [5, 5.41) is 5.19. The SMILES string of the molecule is CCCc1cc(=O)n2nc(N3CCC(C(=O)c4ccc(F)cc4)CC3)sc2n1. The zero-order chi connectivity index (χ0) is 19.7. The molecule has 28 heavy (non-hydrogen) atoms. The maximum atomic E-state index is 13.1. The molecule has 3 heterocycles. The number of hydrogen-bond donors (Lipinski definition) is 0. The van der Waals surface area contributed by atoms with Crippen molar-refractivity contribution in [3.63, 3.8) is 0 Å². The smallest absolute Gasteiger partial charge is 0.275 e. The molecule has 1 aromatic carbocycles. The maximum Gasteiger partial charge on any atom is 0.275 e. The molecular weight excluding hydrogens is 379 g/mol. The van der Waals surface area contributed by atoms with Crippen LogP contribution in [0.2, 0.25) is 0 Å². The number of rotatable bonds is 5. The van der Waals surface area contributed by atoms with Crippen molar-refractivity contribution >= 4 is 27.2 Å². The maximum absolute atomic E-state index is 13.1. The van der Waals surface area contributed by atoms with Crippen LogP contribution in [0.5, 0.6) is 0 Å². The Hall–Kier alpha value is -2.61. The summed E-state index contributed by atoms with van der Waals surface area (Å²) >= 11 is 1.41. The molecule has 0 atom stereocenters. The Morgan fingerprint density at radius 2 is 1.96 bits per heavy atom. The van der Waals surface area contributed by atoms with Crippen LogP contribution in [0.4, 0.5) is 9.52 Å². The Bertz CT molecular complexity index is 1050. The van der Waals surface area contributed by atoms with Crippen molar-refractivity contribution in [1.82, 2.24) is 14.6 Å². The molecule has 6 nitrogen and oxygen atoms in total. The quantitative estimate of drug-likeness (QED) is 0.615. The molecule has 1 saturated heterocycles. The highest BCUT2D eigenvalue weighted by molar-refractivity contribution is 7.20. The van der Waals surface area contributed by atoms with Crippen LogP contribution in [0.15, 0.2) is 35.1 Å². The topological polar surface area (TPSA) is 67.6 Å². The van der Waals surface area contributed by atoms with Gasteiger partial charge in [-0.3, -0.25) is 9.59 Å². The summed E-state index contributed by atoms with van der Waals surface area (Å²) in [6, 6.07) is 7.28. The number of hydrogen-bond acceptors (Lipinski definition) is 6. The van der Waals surface area contributed by atoms with Gasteiger partial charge in [0, 0.05) is 36.3 Å². The molecule has 4 rings (SSSR count). The lowest BCUT2D eigenvalue weighted by Gasteiger charge is -2.30. The summed E-state index contributed by atoms with van der Waals surface area (Å²) in [7, 11) is 0. The average molecular weight is 400 g/mol. The number of carbonyl (C=O) groups is 1. The fourth-order valence-corrected chi connectivity index (χ4v) is 4.52. The summed E-state index contributed by atoms with van der Waals surface area (Å²) in [6.07, 6.45) is 3.12. The molecule has 3 aromatic rings. The number of carbonyl (C=O) groups excluding carboxylic acids is 1. The van der Waals surface area contributed by atoms with E-state index in [1.807, 2.05) is 0 Å². The van der Waals surface area contributed by atoms with Gasteiger partial charge in [0.1, 0.15) is 5.82 Å². The molecule has 2 aromatic heterocycles. The highest BCUT2D eigenvalue weighted by atomic mass is 32.1. The summed E-state index contributed by atoms with van der Waals surface area (Å²) in [5.41, 5.74) is 1.20. The molecule has 1 fully saturated rings. The first-order valence-electron chi connectivity index (χ1n) is 9.49. The molecule has 0 radical (unpaired) electrons. The van der Waals surface area contributed by atoms with Gasteiger partial charge in [0.15, 0.2) is 5.78 Å². The van der Waals surface area contributed by atoms with Crippen molar-refractivity contribution in [3.05, 3.63) is 57.8 Å². The van der Waals surface area contributed by atoms with Crippen molar-refractivity contribution in [2.75, 3.05) is 18.0 Å². The Labute approximate surface area is 165 Å². The van der Waals surface area contributed by atoms with Crippen LogP contribution >= 0.6 is 11.3 Å². The van der Waals surface area contributed by atoms with E-state index in [1.54, 1.807) is 18.2 Å². The van der Waals surface area contributed by atoms with E-state index >= 15 is 0 Å². The normalized spacial score (nSPS) is 15.3. The van der Waals surface area contributed by atoms with E-state index in [0.29, 0.717) is 36.5 Å². The lowest BCUT2D eigenvalue weighted by Crippen LogP contribution is -2.36. The third kappa shape index (κ3) is 3.69. The van der Waals surface area contributed by atoms with Gasteiger partial charge in [-0.2, -0.15) is 4.52 Å². The van der Waals surface area contributed by atoms with E-state index in [1.165, 1.54) is 28.0 Å². The van der Waals surface area contributed by atoms with E-state index < -0.39 is 0 Å². The number of aromatic nitrogens is 3. The molecule has 1 aliphatic rings. The zero-order valence-electron chi connectivity index (χ0n) is 15.6. The fraction of sp³-hybridized carbons (Fsp3) is 0.400. The van der Waals surface area contributed by atoms with E-state index in [-0.39, 0.29) is 23.1 Å². The molecule has 0 spiro atoms. The third-order valence-corrected chi connectivity index (χ3v) is 6.03. The number of nitrogens with zero attached hydrogens (tertiary/aromatic N) is 4. The Morgan fingerprint density at radius 1 is 1.25 bits per heavy atom. The van der Waals surface area contributed by atoms with Crippen molar-refractivity contribution in [3.8, 4) is 0 Å². The molecule has 0 amide bonds. The van der Waals surface area contributed by atoms with Gasteiger partial charge in [-0.05, 0) is 43.5 Å². The molecular formula is C20H21FN4O2S. The molecule has 8 heteroatoms. The fourth-order valence-electron chi connectivity index (χ4n) is 3.54. The number of ketones is 1. The lowest BCUT2D eigenvalue weighted by molar-refractivity contribution is 0.0900. The van der Waals surface area contributed by atoms with Gasteiger partial charge in [0.05, 0.1) is 0 Å². The van der Waals surface area contributed by atoms with Crippen LogP contribution in [0, 0.1) is 11.7 Å². The monoisotopic (exact) mass is 400 g/mol. The number of benzene rings is 1. The van der Waals surface area contributed by atoms with Gasteiger partial charge >= 0.3 is 0 Å². The standard InChI is InChI=1S/C20H21FN4O2S/c1-2-3-16-12-17(26)25-19(22-16)28-20(23-25)24-10-8-14(9-11-24)18(27)13-4-6-15(21)7-5-13/h4-7,12,14H,2-3,8-11H2,1H3. The predicted molar refractivity (Wildman–Crippen MR) is 107 cm³/mol.